The summed E-state index contributed by atoms with van der Waals surface area (Å²) in [6, 6.07) is -0.143. The lowest BCUT2D eigenvalue weighted by atomic mass is 9.53. The van der Waals surface area contributed by atoms with Gasteiger partial charge in [0.25, 0.3) is 0 Å². The van der Waals surface area contributed by atoms with Crippen LogP contribution in [-0.4, -0.2) is 124 Å². The third kappa shape index (κ3) is 6.50. The molecule has 15 heteroatoms. The number of nitrogens with zero attached hydrogens (tertiary/aromatic N) is 1. The van der Waals surface area contributed by atoms with E-state index in [1.54, 1.807) is 40.7 Å². The van der Waals surface area contributed by atoms with Gasteiger partial charge in [-0.15, -0.1) is 0 Å². The summed E-state index contributed by atoms with van der Waals surface area (Å²) in [4.78, 5) is 57.3. The number of ketones is 1. The number of fused-ring (bicyclic) bond motifs is 8. The Labute approximate surface area is 348 Å². The number of ether oxygens (including phenoxy) is 3. The molecule has 0 radical (unpaired) electrons. The highest BCUT2D eigenvalue weighted by atomic mass is 33.1. The molecule has 5 heterocycles. The highest BCUT2D eigenvalue weighted by Gasteiger charge is 2.71. The molecule has 0 aromatic carbocycles. The van der Waals surface area contributed by atoms with E-state index in [2.05, 4.69) is 21.6 Å². The van der Waals surface area contributed by atoms with Crippen molar-refractivity contribution in [2.75, 3.05) is 32.6 Å². The molecule has 0 aromatic rings. The van der Waals surface area contributed by atoms with Crippen molar-refractivity contribution in [3.63, 3.8) is 0 Å². The number of esters is 2. The van der Waals surface area contributed by atoms with E-state index in [4.69, 9.17) is 19.9 Å². The molecule has 13 nitrogen and oxygen atoms in total. The minimum Gasteiger partial charge on any atom is -0.462 e. The van der Waals surface area contributed by atoms with Crippen LogP contribution < -0.4 is 16.4 Å². The second-order valence-corrected chi connectivity index (χ2v) is 21.3. The van der Waals surface area contributed by atoms with Crippen LogP contribution >= 0.6 is 21.6 Å². The van der Waals surface area contributed by atoms with Crippen LogP contribution in [0.15, 0.2) is 35.5 Å². The zero-order valence-corrected chi connectivity index (χ0v) is 35.4. The van der Waals surface area contributed by atoms with Crippen LogP contribution in [0.1, 0.15) is 71.6 Å². The van der Waals surface area contributed by atoms with Gasteiger partial charge in [-0.2, -0.15) is 0 Å². The van der Waals surface area contributed by atoms with Crippen molar-refractivity contribution in [2.24, 2.45) is 53.1 Å². The molecule has 58 heavy (non-hydrogen) atoms. The molecule has 318 valence electrons. The van der Waals surface area contributed by atoms with Crippen molar-refractivity contribution in [1.82, 2.24) is 15.5 Å². The molecule has 9 rings (SSSR count). The van der Waals surface area contributed by atoms with Crippen LogP contribution in [0.25, 0.3) is 0 Å². The maximum Gasteiger partial charge on any atom is 0.334 e. The molecule has 2 saturated carbocycles. The first kappa shape index (κ1) is 41.1. The highest BCUT2D eigenvalue weighted by molar-refractivity contribution is 8.77. The van der Waals surface area contributed by atoms with E-state index in [0.717, 1.165) is 18.4 Å². The van der Waals surface area contributed by atoms with Gasteiger partial charge in [-0.25, -0.2) is 4.79 Å². The minimum absolute atomic E-state index is 0.00460. The molecule has 1 spiro atoms. The summed E-state index contributed by atoms with van der Waals surface area (Å²) < 4.78 is 20.3. The number of hydrogen-bond donors (Lipinski definition) is 5. The third-order valence-electron chi connectivity index (χ3n) is 16.1. The van der Waals surface area contributed by atoms with E-state index in [9.17, 15) is 29.4 Å². The van der Waals surface area contributed by atoms with Crippen molar-refractivity contribution >= 4 is 45.2 Å². The summed E-state index contributed by atoms with van der Waals surface area (Å²) in [5, 5.41) is 28.3. The van der Waals surface area contributed by atoms with Gasteiger partial charge in [0.1, 0.15) is 17.3 Å². The summed E-state index contributed by atoms with van der Waals surface area (Å²) in [6.07, 6.45) is 11.4. The van der Waals surface area contributed by atoms with Crippen molar-refractivity contribution in [3.05, 3.63) is 35.5 Å². The number of allylic oxidation sites excluding steroid dienone is 2. The fourth-order valence-electron chi connectivity index (χ4n) is 13.4. The average molecular weight is 841 g/mol. The first-order valence-electron chi connectivity index (χ1n) is 21.6. The maximum atomic E-state index is 14.9. The summed E-state index contributed by atoms with van der Waals surface area (Å²) in [5.41, 5.74) is 5.79. The van der Waals surface area contributed by atoms with Gasteiger partial charge in [0, 0.05) is 85.1 Å². The molecule has 5 aliphatic heterocycles. The van der Waals surface area contributed by atoms with Gasteiger partial charge >= 0.3 is 11.9 Å². The first-order valence-corrected chi connectivity index (χ1v) is 24.0. The molecule has 9 aliphatic rings. The molecule has 2 bridgehead atoms. The van der Waals surface area contributed by atoms with Gasteiger partial charge in [-0.1, -0.05) is 45.4 Å². The van der Waals surface area contributed by atoms with E-state index in [0.29, 0.717) is 50.0 Å². The van der Waals surface area contributed by atoms with E-state index in [-0.39, 0.29) is 127 Å². The molecule has 6 N–H and O–H groups in total. The average Bonchev–Trinajstić information content (AvgIpc) is 3.56. The lowest BCUT2D eigenvalue weighted by Crippen LogP contribution is -2.76. The molecule has 4 aliphatic carbocycles. The molecule has 0 aromatic heterocycles. The van der Waals surface area contributed by atoms with Gasteiger partial charge in [-0.3, -0.25) is 14.4 Å². The van der Waals surface area contributed by atoms with Crippen LogP contribution in [-0.2, 0) is 33.4 Å². The zero-order valence-electron chi connectivity index (χ0n) is 33.8. The number of carbonyl (C=O) groups excluding carboxylic acids is 4. The van der Waals surface area contributed by atoms with E-state index in [1.807, 2.05) is 20.0 Å². The monoisotopic (exact) mass is 840 g/mol. The number of aliphatic hydroxyl groups excluding tert-OH is 2. The van der Waals surface area contributed by atoms with Gasteiger partial charge in [0.05, 0.1) is 31.0 Å². The number of nitrogens with one attached hydrogen (secondary N) is 2. The minimum atomic E-state index is -1.35. The molecule has 17 atom stereocenters. The molecular formula is C43H60N4O9S2. The Morgan fingerprint density at radius 3 is 2.74 bits per heavy atom. The first-order chi connectivity index (χ1) is 27.9. The Bertz CT molecular complexity index is 1780. The number of aliphatic hydroxyl groups is 2. The number of hydrogen-bond acceptors (Lipinski definition) is 14. The number of amides is 1. The Morgan fingerprint density at radius 1 is 1.16 bits per heavy atom. The maximum absolute atomic E-state index is 14.9. The standard InChI is InChI=1S/C43H60N4O9S2/c1-4-21(9-10-48)41(53)56-42(2)26(19-49)12-25-20-57-58-33-14-28-30(50)7-6-29-37(39(28)45-3)40(33)47(29)35(51)13-24-18-46-34(44)15-27(24)38(25)43(42)17-23-11-22-5-8-36(52)54-31(22)16-32(23)55-43/h4,6-7,12,22-24,26-29,31-34,37-40,45-46,48-49H,5,8-11,13-20,44H2,1-3H3. The summed E-state index contributed by atoms with van der Waals surface area (Å²) in [7, 11) is 5.45. The van der Waals surface area contributed by atoms with Crippen LogP contribution in [0.4, 0.5) is 0 Å². The number of rotatable bonds is 6. The van der Waals surface area contributed by atoms with Crippen molar-refractivity contribution < 1.29 is 43.6 Å². The number of carbonyl (C=O) groups is 4. The Balaban J connectivity index is 1.16. The van der Waals surface area contributed by atoms with Crippen molar-refractivity contribution in [3.8, 4) is 0 Å². The predicted molar refractivity (Wildman–Crippen MR) is 219 cm³/mol. The summed E-state index contributed by atoms with van der Waals surface area (Å²) >= 11 is 0. The van der Waals surface area contributed by atoms with Crippen LogP contribution in [0, 0.1) is 47.3 Å². The molecule has 5 saturated heterocycles. The summed E-state index contributed by atoms with van der Waals surface area (Å²) in [5.74, 6) is -0.843. The van der Waals surface area contributed by atoms with E-state index < -0.39 is 23.1 Å². The van der Waals surface area contributed by atoms with Gasteiger partial charge in [-0.05, 0) is 82.7 Å². The summed E-state index contributed by atoms with van der Waals surface area (Å²) in [6.45, 7) is 3.70. The third-order valence-corrected chi connectivity index (χ3v) is 18.9. The van der Waals surface area contributed by atoms with E-state index in [1.165, 1.54) is 0 Å². The second kappa shape index (κ2) is 15.9. The molecular weight excluding hydrogens is 781 g/mol. The van der Waals surface area contributed by atoms with Gasteiger partial charge in [0.2, 0.25) is 5.91 Å². The van der Waals surface area contributed by atoms with Crippen molar-refractivity contribution in [1.29, 1.82) is 0 Å². The Morgan fingerprint density at radius 2 is 1.98 bits per heavy atom. The van der Waals surface area contributed by atoms with Crippen LogP contribution in [0.2, 0.25) is 0 Å². The fraction of sp³-hybridized carbons (Fsp3) is 0.767. The second-order valence-electron chi connectivity index (χ2n) is 18.7. The Hall–Kier alpha value is -2.24. The lowest BCUT2D eigenvalue weighted by Gasteiger charge is -2.63. The topological polar surface area (TPSA) is 190 Å². The molecule has 17 unspecified atom stereocenters. The van der Waals surface area contributed by atoms with Gasteiger partial charge in [0.15, 0.2) is 5.78 Å². The fourth-order valence-corrected chi connectivity index (χ4v) is 16.4. The van der Waals surface area contributed by atoms with Crippen LogP contribution in [0.5, 0.6) is 0 Å². The molecule has 1 amide bonds. The lowest BCUT2D eigenvalue weighted by molar-refractivity contribution is -0.245. The largest absolute Gasteiger partial charge is 0.462 e. The highest BCUT2D eigenvalue weighted by Crippen LogP contribution is 2.64. The zero-order chi connectivity index (χ0) is 40.7. The molecule has 7 fully saturated rings. The normalized spacial score (nSPS) is 47.2. The predicted octanol–water partition coefficient (Wildman–Crippen LogP) is 2.65. The van der Waals surface area contributed by atoms with Gasteiger partial charge < -0.3 is 45.7 Å². The smallest absolute Gasteiger partial charge is 0.334 e. The SMILES string of the molecule is CC=C(CCO)C(=O)OC1(C)C(CO)C=C2CSSC3CC4C(=O)C=CC5C(C4NC)C3N5C(=O)CC3CNC(N)CC3C2C12CC1CC3CCC(=O)OC3CC1O2. The number of nitrogens with two attached hydrogens (primary N) is 1. The van der Waals surface area contributed by atoms with E-state index >= 15 is 0 Å². The number of piperidine rings is 1. The van der Waals surface area contributed by atoms with Crippen molar-refractivity contribution in [2.45, 2.75) is 125 Å². The Kier molecular flexibility index (Phi) is 11.3. The quantitative estimate of drug-likeness (QED) is 0.114. The van der Waals surface area contributed by atoms with Crippen LogP contribution in [0.3, 0.4) is 0 Å².